The van der Waals surface area contributed by atoms with Gasteiger partial charge in [-0.3, -0.25) is 19.2 Å². The summed E-state index contributed by atoms with van der Waals surface area (Å²) in [6.45, 7) is 2.31. The van der Waals surface area contributed by atoms with E-state index in [1.165, 1.54) is 6.92 Å². The molecule has 1 rings (SSSR count). The van der Waals surface area contributed by atoms with Gasteiger partial charge in [-0.05, 0) is 18.9 Å². The second-order valence-electron chi connectivity index (χ2n) is 8.42. The van der Waals surface area contributed by atoms with Crippen LogP contribution in [0.1, 0.15) is 44.7 Å². The second-order valence-corrected chi connectivity index (χ2v) is 8.42. The summed E-state index contributed by atoms with van der Waals surface area (Å²) < 4.78 is 0. The number of hydrogen-bond acceptors (Lipinski definition) is 9. The molecule has 3 amide bonds. The van der Waals surface area contributed by atoms with E-state index in [0.29, 0.717) is 18.4 Å². The highest BCUT2D eigenvalue weighted by atomic mass is 16.4. The first-order chi connectivity index (χ1) is 16.9. The Hall–Kier alpha value is -3.10. The van der Waals surface area contributed by atoms with E-state index in [4.69, 9.17) is 10.8 Å². The Kier molecular flexibility index (Phi) is 13.0. The van der Waals surface area contributed by atoms with Gasteiger partial charge in [-0.2, -0.15) is 0 Å². The number of hydrogen-bond donors (Lipinski definition) is 9. The highest BCUT2D eigenvalue weighted by molar-refractivity contribution is 5.89. The molecule has 0 aliphatic rings. The highest BCUT2D eigenvalue weighted by Crippen LogP contribution is 2.17. The van der Waals surface area contributed by atoms with Crippen molar-refractivity contribution < 1.29 is 44.7 Å². The van der Waals surface area contributed by atoms with Crippen molar-refractivity contribution in [3.05, 3.63) is 35.9 Å². The first-order valence-corrected chi connectivity index (χ1v) is 11.5. The monoisotopic (exact) mass is 512 g/mol. The second kappa shape index (κ2) is 15.1. The predicted octanol–water partition coefficient (Wildman–Crippen LogP) is -2.49. The van der Waals surface area contributed by atoms with Crippen LogP contribution in [0.4, 0.5) is 0 Å². The number of carboxylic acids is 1. The molecule has 0 aliphatic heterocycles. The molecule has 202 valence electrons. The van der Waals surface area contributed by atoms with Gasteiger partial charge in [0.1, 0.15) is 18.2 Å². The molecule has 36 heavy (non-hydrogen) atoms. The number of amides is 3. The zero-order chi connectivity index (χ0) is 27.4. The van der Waals surface area contributed by atoms with Gasteiger partial charge in [-0.1, -0.05) is 43.7 Å². The van der Waals surface area contributed by atoms with Crippen LogP contribution in [-0.2, 0) is 19.2 Å². The Bertz CT molecular complexity index is 870. The minimum absolute atomic E-state index is 0.405. The highest BCUT2D eigenvalue weighted by Gasteiger charge is 2.37. The van der Waals surface area contributed by atoms with Crippen molar-refractivity contribution in [2.45, 2.75) is 75.6 Å². The number of carboxylic acid groups (broad SMARTS) is 1. The lowest BCUT2D eigenvalue weighted by Gasteiger charge is -2.30. The Morgan fingerprint density at radius 3 is 2.06 bits per heavy atom. The lowest BCUT2D eigenvalue weighted by molar-refractivity contribution is -0.145. The van der Waals surface area contributed by atoms with Crippen molar-refractivity contribution >= 4 is 23.7 Å². The third kappa shape index (κ3) is 9.51. The molecular weight excluding hydrogens is 476 g/mol. The first-order valence-electron chi connectivity index (χ1n) is 11.5. The van der Waals surface area contributed by atoms with Crippen LogP contribution in [0.3, 0.4) is 0 Å². The van der Waals surface area contributed by atoms with Crippen LogP contribution in [0.15, 0.2) is 30.3 Å². The van der Waals surface area contributed by atoms with E-state index in [-0.39, 0.29) is 0 Å². The van der Waals surface area contributed by atoms with Crippen molar-refractivity contribution in [1.29, 1.82) is 0 Å². The predicted molar refractivity (Wildman–Crippen MR) is 127 cm³/mol. The van der Waals surface area contributed by atoms with E-state index in [1.807, 2.05) is 6.92 Å². The fraction of sp³-hybridized carbons (Fsp3) is 0.565. The maximum absolute atomic E-state index is 12.5. The normalized spacial score (nSPS) is 17.0. The van der Waals surface area contributed by atoms with Crippen LogP contribution in [0.5, 0.6) is 0 Å². The van der Waals surface area contributed by atoms with Gasteiger partial charge in [0.2, 0.25) is 11.8 Å². The Labute approximate surface area is 208 Å². The van der Waals surface area contributed by atoms with E-state index in [1.54, 1.807) is 30.3 Å². The van der Waals surface area contributed by atoms with Gasteiger partial charge in [0, 0.05) is 0 Å². The minimum Gasteiger partial charge on any atom is -0.481 e. The molecule has 10 N–H and O–H groups in total. The summed E-state index contributed by atoms with van der Waals surface area (Å²) in [7, 11) is 0. The molecule has 0 spiro atoms. The smallest absolute Gasteiger partial charge is 0.305 e. The molecule has 0 fully saturated rings. The molecule has 0 radical (unpaired) electrons. The number of rotatable bonds is 15. The number of carbonyl (C=O) groups is 4. The molecule has 13 nitrogen and oxygen atoms in total. The van der Waals surface area contributed by atoms with Crippen LogP contribution < -0.4 is 21.7 Å². The zero-order valence-electron chi connectivity index (χ0n) is 20.2. The van der Waals surface area contributed by atoms with E-state index < -0.39 is 79.2 Å². The van der Waals surface area contributed by atoms with Gasteiger partial charge in [0.25, 0.3) is 5.91 Å². The van der Waals surface area contributed by atoms with Gasteiger partial charge < -0.3 is 47.2 Å². The molecule has 0 unspecified atom stereocenters. The van der Waals surface area contributed by atoms with Crippen molar-refractivity contribution in [2.24, 2.45) is 5.73 Å². The number of carbonyl (C=O) groups excluding carboxylic acids is 3. The third-order valence-corrected chi connectivity index (χ3v) is 5.46. The van der Waals surface area contributed by atoms with Crippen molar-refractivity contribution in [2.75, 3.05) is 6.61 Å². The summed E-state index contributed by atoms with van der Waals surface area (Å²) in [5.74, 6) is -3.78. The molecule has 0 aromatic heterocycles. The summed E-state index contributed by atoms with van der Waals surface area (Å²) in [6, 6.07) is 3.61. The SMILES string of the molecule is CCC[C@H](N)C(=O)N[C@@H](C)C(=O)N[C@@H](CO)[C@@H](O)[C@@H](O)[C@H](O)C(=O)N[C@@H](CC(=O)O)c1ccccc1. The quantitative estimate of drug-likeness (QED) is 0.120. The van der Waals surface area contributed by atoms with Crippen molar-refractivity contribution in [1.82, 2.24) is 16.0 Å². The lowest BCUT2D eigenvalue weighted by atomic mass is 9.99. The topological polar surface area (TPSA) is 232 Å². The largest absolute Gasteiger partial charge is 0.481 e. The summed E-state index contributed by atoms with van der Waals surface area (Å²) >= 11 is 0. The van der Waals surface area contributed by atoms with Crippen LogP contribution in [0.25, 0.3) is 0 Å². The number of nitrogens with one attached hydrogen (secondary N) is 3. The third-order valence-electron chi connectivity index (χ3n) is 5.46. The molecule has 0 saturated heterocycles. The van der Waals surface area contributed by atoms with Gasteiger partial charge in [-0.15, -0.1) is 0 Å². The maximum Gasteiger partial charge on any atom is 0.305 e. The molecule has 0 aliphatic carbocycles. The fourth-order valence-electron chi connectivity index (χ4n) is 3.32. The number of nitrogens with two attached hydrogens (primary N) is 1. The van der Waals surface area contributed by atoms with Gasteiger partial charge in [0.05, 0.1) is 31.2 Å². The Morgan fingerprint density at radius 2 is 1.53 bits per heavy atom. The molecule has 1 aromatic carbocycles. The van der Waals surface area contributed by atoms with Crippen LogP contribution in [0.2, 0.25) is 0 Å². The summed E-state index contributed by atoms with van der Waals surface area (Å²) in [5, 5.41) is 56.7. The average Bonchev–Trinajstić information content (AvgIpc) is 2.85. The van der Waals surface area contributed by atoms with E-state index in [2.05, 4.69) is 16.0 Å². The maximum atomic E-state index is 12.5. The summed E-state index contributed by atoms with van der Waals surface area (Å²) in [6.07, 6.45) is -5.84. The standard InChI is InChI=1S/C23H36N4O9/c1-3-7-14(24)22(35)25-12(2)21(34)27-16(11-28)18(31)19(32)20(33)23(36)26-15(10-17(29)30)13-8-5-4-6-9-13/h4-6,8-9,12,14-16,18-20,28,31-33H,3,7,10-11,24H2,1-2H3,(H,25,35)(H,26,36)(H,27,34)(H,29,30)/t12-,14-,15-,16-,18+,19+,20-/m0/s1. The van der Waals surface area contributed by atoms with Crippen LogP contribution >= 0.6 is 0 Å². The molecule has 1 aromatic rings. The molecule has 0 bridgehead atoms. The number of aliphatic hydroxyl groups is 4. The number of aliphatic hydroxyl groups excluding tert-OH is 4. The van der Waals surface area contributed by atoms with Gasteiger partial charge in [0.15, 0.2) is 6.10 Å². The number of aliphatic carboxylic acids is 1. The first kappa shape index (κ1) is 30.9. The number of benzene rings is 1. The Balaban J connectivity index is 2.80. The zero-order valence-corrected chi connectivity index (χ0v) is 20.2. The molecule has 0 heterocycles. The molecule has 13 heteroatoms. The van der Waals surface area contributed by atoms with Gasteiger partial charge >= 0.3 is 5.97 Å². The Morgan fingerprint density at radius 1 is 0.917 bits per heavy atom. The molecular formula is C23H36N4O9. The van der Waals surface area contributed by atoms with Crippen molar-refractivity contribution in [3.63, 3.8) is 0 Å². The van der Waals surface area contributed by atoms with Gasteiger partial charge in [-0.25, -0.2) is 0 Å². The lowest BCUT2D eigenvalue weighted by Crippen LogP contribution is -2.59. The van der Waals surface area contributed by atoms with E-state index in [9.17, 15) is 39.6 Å². The molecule has 7 atom stereocenters. The van der Waals surface area contributed by atoms with E-state index in [0.717, 1.165) is 0 Å². The van der Waals surface area contributed by atoms with Crippen LogP contribution in [-0.4, -0.2) is 92.3 Å². The van der Waals surface area contributed by atoms with Crippen LogP contribution in [0, 0.1) is 0 Å². The molecule has 0 saturated carbocycles. The summed E-state index contributed by atoms with van der Waals surface area (Å²) in [5.41, 5.74) is 6.13. The summed E-state index contributed by atoms with van der Waals surface area (Å²) in [4.78, 5) is 48.1. The van der Waals surface area contributed by atoms with Crippen molar-refractivity contribution in [3.8, 4) is 0 Å². The average molecular weight is 513 g/mol. The fourth-order valence-corrected chi connectivity index (χ4v) is 3.32. The van der Waals surface area contributed by atoms with E-state index >= 15 is 0 Å². The minimum atomic E-state index is -2.23.